The van der Waals surface area contributed by atoms with E-state index in [0.29, 0.717) is 11.6 Å². The third-order valence-corrected chi connectivity index (χ3v) is 4.41. The highest BCUT2D eigenvalue weighted by Gasteiger charge is 2.11. The molecule has 118 valence electrons. The number of hydrogen-bond donors (Lipinski definition) is 1. The SMILES string of the molecule is CCCCn1nc(C)c(/C=N/NC(=O)Cc2cccs2)c1Cl. The van der Waals surface area contributed by atoms with Gasteiger partial charge in [-0.2, -0.15) is 10.2 Å². The number of halogens is 1. The maximum Gasteiger partial charge on any atom is 0.245 e. The van der Waals surface area contributed by atoms with E-state index in [2.05, 4.69) is 22.5 Å². The lowest BCUT2D eigenvalue weighted by atomic mass is 10.3. The van der Waals surface area contributed by atoms with Crippen molar-refractivity contribution < 1.29 is 4.79 Å². The molecule has 0 aliphatic heterocycles. The van der Waals surface area contributed by atoms with Crippen LogP contribution in [-0.2, 0) is 17.8 Å². The molecule has 0 spiro atoms. The number of nitrogens with one attached hydrogen (secondary N) is 1. The van der Waals surface area contributed by atoms with Crippen LogP contribution in [0.2, 0.25) is 5.15 Å². The number of carbonyl (C=O) groups is 1. The van der Waals surface area contributed by atoms with Gasteiger partial charge < -0.3 is 0 Å². The monoisotopic (exact) mass is 338 g/mol. The van der Waals surface area contributed by atoms with Crippen molar-refractivity contribution in [3.8, 4) is 0 Å². The van der Waals surface area contributed by atoms with Gasteiger partial charge in [0.1, 0.15) is 5.15 Å². The topological polar surface area (TPSA) is 59.3 Å². The number of aromatic nitrogens is 2. The van der Waals surface area contributed by atoms with E-state index in [-0.39, 0.29) is 5.91 Å². The van der Waals surface area contributed by atoms with Crippen molar-refractivity contribution in [1.82, 2.24) is 15.2 Å². The minimum atomic E-state index is -0.147. The number of hydrazone groups is 1. The second-order valence-electron chi connectivity index (χ2n) is 4.92. The quantitative estimate of drug-likeness (QED) is 0.621. The van der Waals surface area contributed by atoms with Gasteiger partial charge >= 0.3 is 0 Å². The van der Waals surface area contributed by atoms with E-state index in [1.54, 1.807) is 22.2 Å². The largest absolute Gasteiger partial charge is 0.273 e. The molecule has 0 radical (unpaired) electrons. The summed E-state index contributed by atoms with van der Waals surface area (Å²) < 4.78 is 1.77. The molecular weight excluding hydrogens is 320 g/mol. The van der Waals surface area contributed by atoms with Crippen molar-refractivity contribution in [2.45, 2.75) is 39.7 Å². The van der Waals surface area contributed by atoms with Crippen LogP contribution in [0.25, 0.3) is 0 Å². The zero-order valence-corrected chi connectivity index (χ0v) is 14.2. The minimum Gasteiger partial charge on any atom is -0.273 e. The van der Waals surface area contributed by atoms with Crippen molar-refractivity contribution in [1.29, 1.82) is 0 Å². The number of thiophene rings is 1. The zero-order valence-electron chi connectivity index (χ0n) is 12.7. The van der Waals surface area contributed by atoms with Crippen LogP contribution >= 0.6 is 22.9 Å². The van der Waals surface area contributed by atoms with Gasteiger partial charge in [-0.05, 0) is 24.8 Å². The van der Waals surface area contributed by atoms with Crippen LogP contribution in [0.15, 0.2) is 22.6 Å². The number of hydrogen-bond acceptors (Lipinski definition) is 4. The molecule has 0 aliphatic rings. The minimum absolute atomic E-state index is 0.147. The molecule has 1 N–H and O–H groups in total. The Morgan fingerprint density at radius 2 is 2.41 bits per heavy atom. The molecule has 0 fully saturated rings. The lowest BCUT2D eigenvalue weighted by Crippen LogP contribution is -2.19. The first-order valence-corrected chi connectivity index (χ1v) is 8.44. The Balaban J connectivity index is 1.95. The van der Waals surface area contributed by atoms with Gasteiger partial charge in [-0.1, -0.05) is 31.0 Å². The summed E-state index contributed by atoms with van der Waals surface area (Å²) in [6.07, 6.45) is 3.99. The molecule has 0 aliphatic carbocycles. The van der Waals surface area contributed by atoms with E-state index >= 15 is 0 Å². The molecule has 1 amide bonds. The highest BCUT2D eigenvalue weighted by molar-refractivity contribution is 7.10. The molecule has 0 bridgehead atoms. The van der Waals surface area contributed by atoms with Gasteiger partial charge in [0.25, 0.3) is 0 Å². The molecule has 22 heavy (non-hydrogen) atoms. The molecule has 0 saturated heterocycles. The fourth-order valence-corrected chi connectivity index (χ4v) is 2.96. The van der Waals surface area contributed by atoms with Crippen molar-refractivity contribution in [2.75, 3.05) is 0 Å². The highest BCUT2D eigenvalue weighted by atomic mass is 35.5. The maximum absolute atomic E-state index is 11.7. The molecule has 2 heterocycles. The van der Waals surface area contributed by atoms with Gasteiger partial charge in [0.05, 0.1) is 23.9 Å². The lowest BCUT2D eigenvalue weighted by Gasteiger charge is -2.00. The summed E-state index contributed by atoms with van der Waals surface area (Å²) in [5.74, 6) is -0.147. The van der Waals surface area contributed by atoms with Crippen molar-refractivity contribution in [3.05, 3.63) is 38.8 Å². The first-order valence-electron chi connectivity index (χ1n) is 7.19. The van der Waals surface area contributed by atoms with Crippen molar-refractivity contribution in [2.24, 2.45) is 5.10 Å². The molecule has 2 aromatic heterocycles. The molecule has 0 atom stereocenters. The number of carbonyl (C=O) groups excluding carboxylic acids is 1. The summed E-state index contributed by atoms with van der Waals surface area (Å²) in [4.78, 5) is 12.8. The zero-order chi connectivity index (χ0) is 15.9. The normalized spacial score (nSPS) is 11.2. The van der Waals surface area contributed by atoms with E-state index in [1.165, 1.54) is 0 Å². The van der Waals surface area contributed by atoms with E-state index < -0.39 is 0 Å². The van der Waals surface area contributed by atoms with Gasteiger partial charge in [0.2, 0.25) is 5.91 Å². The van der Waals surface area contributed by atoms with Crippen LogP contribution in [0.1, 0.15) is 35.9 Å². The van der Waals surface area contributed by atoms with E-state index in [0.717, 1.165) is 35.5 Å². The smallest absolute Gasteiger partial charge is 0.245 e. The molecule has 0 unspecified atom stereocenters. The Hall–Kier alpha value is -1.66. The average molecular weight is 339 g/mol. The van der Waals surface area contributed by atoms with Gasteiger partial charge in [0, 0.05) is 11.4 Å². The second-order valence-corrected chi connectivity index (χ2v) is 6.31. The number of nitrogens with zero attached hydrogens (tertiary/aromatic N) is 3. The Bertz CT molecular complexity index is 649. The van der Waals surface area contributed by atoms with Crippen LogP contribution in [0, 0.1) is 6.92 Å². The fourth-order valence-electron chi connectivity index (χ4n) is 1.95. The molecule has 2 aromatic rings. The van der Waals surface area contributed by atoms with E-state index in [1.807, 2.05) is 24.4 Å². The van der Waals surface area contributed by atoms with Crippen LogP contribution in [-0.4, -0.2) is 21.9 Å². The molecule has 2 rings (SSSR count). The van der Waals surface area contributed by atoms with Crippen LogP contribution in [0.4, 0.5) is 0 Å². The Morgan fingerprint density at radius 3 is 3.09 bits per heavy atom. The number of unbranched alkanes of at least 4 members (excludes halogenated alkanes) is 1. The van der Waals surface area contributed by atoms with E-state index in [9.17, 15) is 4.79 Å². The summed E-state index contributed by atoms with van der Waals surface area (Å²) >= 11 is 7.84. The first kappa shape index (κ1) is 16.7. The predicted molar refractivity (Wildman–Crippen MR) is 90.6 cm³/mol. The van der Waals surface area contributed by atoms with Crippen LogP contribution in [0.5, 0.6) is 0 Å². The van der Waals surface area contributed by atoms with Crippen LogP contribution in [0.3, 0.4) is 0 Å². The van der Waals surface area contributed by atoms with Gasteiger partial charge in [-0.3, -0.25) is 9.48 Å². The fraction of sp³-hybridized carbons (Fsp3) is 0.400. The third kappa shape index (κ3) is 4.42. The molecule has 0 aromatic carbocycles. The molecule has 7 heteroatoms. The summed E-state index contributed by atoms with van der Waals surface area (Å²) in [5.41, 5.74) is 4.07. The third-order valence-electron chi connectivity index (χ3n) is 3.13. The summed E-state index contributed by atoms with van der Waals surface area (Å²) in [7, 11) is 0. The second kappa shape index (κ2) is 8.10. The van der Waals surface area contributed by atoms with Gasteiger partial charge in [-0.15, -0.1) is 11.3 Å². The van der Waals surface area contributed by atoms with Gasteiger partial charge in [0.15, 0.2) is 0 Å². The standard InChI is InChI=1S/C15H19ClN4OS/c1-3-4-7-20-15(16)13(11(2)19-20)10-17-18-14(21)9-12-6-5-8-22-12/h5-6,8,10H,3-4,7,9H2,1-2H3,(H,18,21)/b17-10+. The number of rotatable bonds is 7. The van der Waals surface area contributed by atoms with E-state index in [4.69, 9.17) is 11.6 Å². The molecule has 5 nitrogen and oxygen atoms in total. The Morgan fingerprint density at radius 1 is 1.59 bits per heavy atom. The van der Waals surface area contributed by atoms with Gasteiger partial charge in [-0.25, -0.2) is 5.43 Å². The summed E-state index contributed by atoms with van der Waals surface area (Å²) in [6, 6.07) is 3.84. The Labute approximate surface area is 139 Å². The lowest BCUT2D eigenvalue weighted by molar-refractivity contribution is -0.120. The average Bonchev–Trinajstić information content (AvgIpc) is 3.08. The first-order chi connectivity index (χ1) is 10.6. The van der Waals surface area contributed by atoms with Crippen molar-refractivity contribution in [3.63, 3.8) is 0 Å². The number of aryl methyl sites for hydroxylation is 2. The number of amides is 1. The van der Waals surface area contributed by atoms with Crippen molar-refractivity contribution >= 4 is 35.1 Å². The summed E-state index contributed by atoms with van der Waals surface area (Å²) in [6.45, 7) is 4.79. The maximum atomic E-state index is 11.7. The Kier molecular flexibility index (Phi) is 6.15. The van der Waals surface area contributed by atoms with Crippen LogP contribution < -0.4 is 5.43 Å². The predicted octanol–water partition coefficient (Wildman–Crippen LogP) is 3.40. The molecular formula is C15H19ClN4OS. The molecule has 0 saturated carbocycles. The highest BCUT2D eigenvalue weighted by Crippen LogP contribution is 2.18. The summed E-state index contributed by atoms with van der Waals surface area (Å²) in [5, 5.41) is 10.9.